The van der Waals surface area contributed by atoms with Gasteiger partial charge in [0.05, 0.1) is 13.2 Å². The SMILES string of the molecule is C=C(C)C(=O)OCCCC.C=C(C)C(=O)OCCCO.C=CC(=O)O.C=CC(=O)OC(CC)CCCCC.C=Cc1ccccc1. The molecule has 1 unspecified atom stereocenters. The lowest BCUT2D eigenvalue weighted by Crippen LogP contribution is -2.15. The number of carbonyl (C=O) groups excluding carboxylic acids is 3. The molecule has 0 saturated carbocycles. The lowest BCUT2D eigenvalue weighted by Gasteiger charge is -2.14. The predicted molar refractivity (Wildman–Crippen MR) is 187 cm³/mol. The van der Waals surface area contributed by atoms with E-state index in [0.29, 0.717) is 24.2 Å². The Balaban J connectivity index is -0.000000246. The number of ether oxygens (including phenoxy) is 3. The van der Waals surface area contributed by atoms with Crippen LogP contribution in [-0.2, 0) is 33.4 Å². The quantitative estimate of drug-likeness (QED) is 0.0745. The molecule has 0 aliphatic rings. The molecule has 0 aliphatic heterocycles. The largest absolute Gasteiger partial charge is 0.478 e. The second kappa shape index (κ2) is 36.9. The average Bonchev–Trinajstić information content (AvgIpc) is 3.05. The van der Waals surface area contributed by atoms with Gasteiger partial charge in [0.2, 0.25) is 0 Å². The van der Waals surface area contributed by atoms with E-state index in [1.807, 2.05) is 43.3 Å². The van der Waals surface area contributed by atoms with E-state index in [2.05, 4.69) is 51.5 Å². The zero-order valence-corrected chi connectivity index (χ0v) is 28.8. The molecule has 0 aliphatic carbocycles. The number of aliphatic hydroxyl groups excluding tert-OH is 1. The minimum absolute atomic E-state index is 0.0451. The Hall–Kier alpha value is -4.24. The van der Waals surface area contributed by atoms with Crippen LogP contribution in [0, 0.1) is 0 Å². The van der Waals surface area contributed by atoms with E-state index in [1.165, 1.54) is 24.5 Å². The topological polar surface area (TPSA) is 136 Å². The first kappa shape index (κ1) is 48.7. The summed E-state index contributed by atoms with van der Waals surface area (Å²) in [6.45, 7) is 27.1. The Morgan fingerprint density at radius 2 is 1.26 bits per heavy atom. The molecule has 0 aromatic heterocycles. The molecule has 0 heterocycles. The van der Waals surface area contributed by atoms with E-state index in [-0.39, 0.29) is 31.3 Å². The van der Waals surface area contributed by atoms with Crippen molar-refractivity contribution >= 4 is 30.0 Å². The first-order valence-corrected chi connectivity index (χ1v) is 15.4. The molecule has 0 radical (unpaired) electrons. The Morgan fingerprint density at radius 3 is 1.59 bits per heavy atom. The predicted octanol–water partition coefficient (Wildman–Crippen LogP) is 8.06. The van der Waals surface area contributed by atoms with Gasteiger partial charge in [-0.2, -0.15) is 0 Å². The van der Waals surface area contributed by atoms with Gasteiger partial charge in [-0.05, 0) is 45.1 Å². The van der Waals surface area contributed by atoms with Crippen molar-refractivity contribution in [1.82, 2.24) is 0 Å². The molecular weight excluding hydrogens is 588 g/mol. The summed E-state index contributed by atoms with van der Waals surface area (Å²) in [5.41, 5.74) is 2.03. The molecule has 0 saturated heterocycles. The van der Waals surface area contributed by atoms with Gasteiger partial charge in [0.1, 0.15) is 6.10 Å². The first-order chi connectivity index (χ1) is 21.8. The Kier molecular flexibility index (Phi) is 39.1. The Labute approximate surface area is 277 Å². The minimum atomic E-state index is -0.981. The number of benzene rings is 1. The molecule has 0 fully saturated rings. The van der Waals surface area contributed by atoms with Crippen molar-refractivity contribution in [2.24, 2.45) is 0 Å². The molecule has 260 valence electrons. The number of rotatable bonds is 17. The second-order valence-electron chi connectivity index (χ2n) is 9.59. The number of unbranched alkanes of at least 4 members (excludes halogenated alkanes) is 3. The zero-order valence-electron chi connectivity index (χ0n) is 28.8. The molecule has 9 nitrogen and oxygen atoms in total. The highest BCUT2D eigenvalue weighted by atomic mass is 16.5. The zero-order chi connectivity index (χ0) is 36.2. The summed E-state index contributed by atoms with van der Waals surface area (Å²) >= 11 is 0. The molecule has 1 rings (SSSR count). The number of carboxylic acid groups (broad SMARTS) is 1. The summed E-state index contributed by atoms with van der Waals surface area (Å²) in [6, 6.07) is 10.0. The number of carboxylic acids is 1. The van der Waals surface area contributed by atoms with E-state index in [4.69, 9.17) is 19.7 Å². The molecule has 0 bridgehead atoms. The summed E-state index contributed by atoms with van der Waals surface area (Å²) in [6.07, 6.45) is 11.8. The third-order valence-electron chi connectivity index (χ3n) is 5.21. The van der Waals surface area contributed by atoms with Crippen molar-refractivity contribution < 1.29 is 43.6 Å². The molecule has 0 amide bonds. The van der Waals surface area contributed by atoms with Crippen molar-refractivity contribution in [2.75, 3.05) is 19.8 Å². The number of hydrogen-bond donors (Lipinski definition) is 2. The van der Waals surface area contributed by atoms with Gasteiger partial charge in [-0.25, -0.2) is 19.2 Å². The van der Waals surface area contributed by atoms with Gasteiger partial charge in [-0.1, -0.05) is 109 Å². The van der Waals surface area contributed by atoms with E-state index >= 15 is 0 Å². The van der Waals surface area contributed by atoms with Crippen LogP contribution in [0.3, 0.4) is 0 Å². The molecular formula is C37H58O9. The van der Waals surface area contributed by atoms with Crippen LogP contribution >= 0.6 is 0 Å². The highest BCUT2D eigenvalue weighted by Crippen LogP contribution is 2.10. The lowest BCUT2D eigenvalue weighted by atomic mass is 10.1. The van der Waals surface area contributed by atoms with Gasteiger partial charge in [-0.15, -0.1) is 0 Å². The normalized spacial score (nSPS) is 9.52. The minimum Gasteiger partial charge on any atom is -0.478 e. The van der Waals surface area contributed by atoms with Crippen LogP contribution in [0.15, 0.2) is 86.5 Å². The molecule has 2 N–H and O–H groups in total. The van der Waals surface area contributed by atoms with Gasteiger partial charge in [0, 0.05) is 36.3 Å². The van der Waals surface area contributed by atoms with Gasteiger partial charge in [0.15, 0.2) is 0 Å². The smallest absolute Gasteiger partial charge is 0.333 e. The number of aliphatic carboxylic acids is 1. The molecule has 46 heavy (non-hydrogen) atoms. The fourth-order valence-electron chi connectivity index (χ4n) is 2.55. The first-order valence-electron chi connectivity index (χ1n) is 15.4. The van der Waals surface area contributed by atoms with Crippen molar-refractivity contribution in [2.45, 2.75) is 92.1 Å². The second-order valence-corrected chi connectivity index (χ2v) is 9.59. The highest BCUT2D eigenvalue weighted by Gasteiger charge is 2.09. The summed E-state index contributed by atoms with van der Waals surface area (Å²) in [5, 5.41) is 15.9. The highest BCUT2D eigenvalue weighted by molar-refractivity contribution is 5.87. The maximum atomic E-state index is 10.9. The Bertz CT molecular complexity index is 965. The van der Waals surface area contributed by atoms with Crippen molar-refractivity contribution in [3.8, 4) is 0 Å². The van der Waals surface area contributed by atoms with Crippen molar-refractivity contribution in [1.29, 1.82) is 0 Å². The third-order valence-corrected chi connectivity index (χ3v) is 5.21. The fourth-order valence-corrected chi connectivity index (χ4v) is 2.55. The number of aliphatic hydroxyl groups is 1. The number of esters is 3. The number of hydrogen-bond acceptors (Lipinski definition) is 8. The van der Waals surface area contributed by atoms with Gasteiger partial charge >= 0.3 is 23.9 Å². The van der Waals surface area contributed by atoms with Crippen LogP contribution in [-0.4, -0.2) is 60.0 Å². The van der Waals surface area contributed by atoms with Crippen LogP contribution in [0.2, 0.25) is 0 Å². The van der Waals surface area contributed by atoms with Crippen LogP contribution in [0.4, 0.5) is 0 Å². The molecule has 1 atom stereocenters. The van der Waals surface area contributed by atoms with Crippen LogP contribution in [0.1, 0.15) is 91.5 Å². The van der Waals surface area contributed by atoms with Crippen molar-refractivity contribution in [3.05, 3.63) is 92.1 Å². The maximum absolute atomic E-state index is 10.9. The molecule has 0 spiro atoms. The molecule has 9 heteroatoms. The molecule has 1 aromatic rings. The van der Waals surface area contributed by atoms with Crippen LogP contribution in [0.25, 0.3) is 6.08 Å². The van der Waals surface area contributed by atoms with Gasteiger partial charge < -0.3 is 24.4 Å². The average molecular weight is 647 g/mol. The summed E-state index contributed by atoms with van der Waals surface area (Å²) < 4.78 is 14.6. The molecule has 1 aromatic carbocycles. The lowest BCUT2D eigenvalue weighted by molar-refractivity contribution is -0.143. The summed E-state index contributed by atoms with van der Waals surface area (Å²) in [7, 11) is 0. The van der Waals surface area contributed by atoms with Crippen LogP contribution in [0.5, 0.6) is 0 Å². The fraction of sp³-hybridized carbons (Fsp3) is 0.459. The monoisotopic (exact) mass is 646 g/mol. The third kappa shape index (κ3) is 39.8. The Morgan fingerprint density at radius 1 is 0.783 bits per heavy atom. The van der Waals surface area contributed by atoms with Crippen molar-refractivity contribution in [3.63, 3.8) is 0 Å². The van der Waals surface area contributed by atoms with Crippen LogP contribution < -0.4 is 0 Å². The van der Waals surface area contributed by atoms with Gasteiger partial charge in [-0.3, -0.25) is 0 Å². The van der Waals surface area contributed by atoms with Gasteiger partial charge in [0.25, 0.3) is 0 Å². The summed E-state index contributed by atoms with van der Waals surface area (Å²) in [4.78, 5) is 41.4. The maximum Gasteiger partial charge on any atom is 0.333 e. The number of carbonyl (C=O) groups is 4. The van der Waals surface area contributed by atoms with E-state index < -0.39 is 11.9 Å². The van der Waals surface area contributed by atoms with E-state index in [1.54, 1.807) is 13.8 Å². The van der Waals surface area contributed by atoms with E-state index in [0.717, 1.165) is 38.2 Å². The standard InChI is InChI=1S/C11H20O2.C8H14O2.C8H8.C7H12O3.C3H4O2/c1-4-7-8-9-10(5-2)13-11(12)6-3;1-4-5-6-10-8(9)7(2)3;1-2-8-6-4-3-5-7-8;1-6(2)7(9)10-5-3-4-8;1-2-3(4)5/h6,10H,3-5,7-9H2,1-2H3;2,4-6H2,1,3H3;2-7H,1H2;8H,1,3-5H2,2H3;2H,1H2,(H,4,5). The van der Waals surface area contributed by atoms with E-state index in [9.17, 15) is 19.2 Å². The summed E-state index contributed by atoms with van der Waals surface area (Å²) in [5.74, 6) is -1.96.